The van der Waals surface area contributed by atoms with Crippen LogP contribution < -0.4 is 5.32 Å². The first kappa shape index (κ1) is 10.2. The molecule has 0 atom stereocenters. The summed E-state index contributed by atoms with van der Waals surface area (Å²) in [6, 6.07) is 0. The average Bonchev–Trinajstić information content (AvgIpc) is 2.57. The Balaban J connectivity index is 2.32. The van der Waals surface area contributed by atoms with Crippen molar-refractivity contribution in [3.63, 3.8) is 0 Å². The van der Waals surface area contributed by atoms with Gasteiger partial charge in [0.1, 0.15) is 0 Å². The summed E-state index contributed by atoms with van der Waals surface area (Å²) in [5.41, 5.74) is 2.47. The smallest absolute Gasteiger partial charge is 0.359 e. The van der Waals surface area contributed by atoms with Crippen molar-refractivity contribution in [2.75, 3.05) is 13.2 Å². The van der Waals surface area contributed by atoms with Crippen LogP contribution in [-0.2, 0) is 17.8 Å². The Bertz CT molecular complexity index is 384. The average molecular weight is 209 g/mol. The molecule has 15 heavy (non-hydrogen) atoms. The maximum absolute atomic E-state index is 11.6. The van der Waals surface area contributed by atoms with E-state index in [-0.39, 0.29) is 5.97 Å². The van der Waals surface area contributed by atoms with Crippen molar-refractivity contribution in [1.82, 2.24) is 15.1 Å². The fourth-order valence-corrected chi connectivity index (χ4v) is 1.78. The summed E-state index contributed by atoms with van der Waals surface area (Å²) in [7, 11) is 0. The van der Waals surface area contributed by atoms with E-state index in [4.69, 9.17) is 4.74 Å². The Labute approximate surface area is 88.4 Å². The molecule has 2 rings (SSSR count). The van der Waals surface area contributed by atoms with Crippen molar-refractivity contribution in [2.24, 2.45) is 0 Å². The van der Waals surface area contributed by atoms with Gasteiger partial charge in [-0.25, -0.2) is 4.79 Å². The second-order valence-electron chi connectivity index (χ2n) is 3.54. The highest BCUT2D eigenvalue weighted by molar-refractivity contribution is 5.89. The maximum Gasteiger partial charge on any atom is 0.359 e. The largest absolute Gasteiger partial charge is 0.461 e. The third-order valence-corrected chi connectivity index (χ3v) is 2.58. The molecule has 1 N–H and O–H groups in total. The lowest BCUT2D eigenvalue weighted by molar-refractivity contribution is 0.0517. The Morgan fingerprint density at radius 2 is 2.47 bits per heavy atom. The van der Waals surface area contributed by atoms with Crippen LogP contribution in [0.2, 0.25) is 0 Å². The van der Waals surface area contributed by atoms with E-state index in [1.807, 2.05) is 11.6 Å². The molecule has 0 radical (unpaired) electrons. The van der Waals surface area contributed by atoms with Crippen molar-refractivity contribution in [3.05, 3.63) is 17.0 Å². The highest BCUT2D eigenvalue weighted by Gasteiger charge is 2.22. The lowest BCUT2D eigenvalue weighted by Crippen LogP contribution is -2.28. The summed E-state index contributed by atoms with van der Waals surface area (Å²) >= 11 is 0. The van der Waals surface area contributed by atoms with Crippen molar-refractivity contribution in [3.8, 4) is 0 Å². The minimum Gasteiger partial charge on any atom is -0.461 e. The molecule has 1 aliphatic rings. The lowest BCUT2D eigenvalue weighted by Gasteiger charge is -2.14. The molecular formula is C10H15N3O2. The predicted molar refractivity (Wildman–Crippen MR) is 54.6 cm³/mol. The van der Waals surface area contributed by atoms with E-state index < -0.39 is 0 Å². The van der Waals surface area contributed by atoms with E-state index in [0.29, 0.717) is 12.3 Å². The van der Waals surface area contributed by atoms with E-state index in [0.717, 1.165) is 30.9 Å². The van der Waals surface area contributed by atoms with E-state index in [2.05, 4.69) is 10.4 Å². The third kappa shape index (κ3) is 1.74. The van der Waals surface area contributed by atoms with Gasteiger partial charge in [0.25, 0.3) is 0 Å². The Morgan fingerprint density at radius 3 is 3.13 bits per heavy atom. The molecule has 5 heteroatoms. The molecule has 0 bridgehead atoms. The first-order valence-corrected chi connectivity index (χ1v) is 5.18. The Kier molecular flexibility index (Phi) is 2.73. The van der Waals surface area contributed by atoms with Gasteiger partial charge in [0.05, 0.1) is 18.8 Å². The number of carbonyl (C=O) groups is 1. The monoisotopic (exact) mass is 209 g/mol. The molecule has 0 spiro atoms. The summed E-state index contributed by atoms with van der Waals surface area (Å²) in [4.78, 5) is 11.6. The standard InChI is InChI=1S/C10H15N3O2/c1-3-15-10(14)9-7(2)8-6-11-4-5-13(8)12-9/h11H,3-6H2,1-2H3. The quantitative estimate of drug-likeness (QED) is 0.719. The summed E-state index contributed by atoms with van der Waals surface area (Å²) in [5, 5.41) is 7.52. The third-order valence-electron chi connectivity index (χ3n) is 2.58. The normalized spacial score (nSPS) is 14.8. The van der Waals surface area contributed by atoms with Gasteiger partial charge in [-0.05, 0) is 13.8 Å². The SMILES string of the molecule is CCOC(=O)c1nn2c(c1C)CNCC2. The number of carbonyl (C=O) groups excluding carboxylic acids is 1. The van der Waals surface area contributed by atoms with Gasteiger partial charge >= 0.3 is 5.97 Å². The second-order valence-corrected chi connectivity index (χ2v) is 3.54. The summed E-state index contributed by atoms with van der Waals surface area (Å²) in [6.45, 7) is 6.59. The van der Waals surface area contributed by atoms with Crippen LogP contribution in [0, 0.1) is 6.92 Å². The summed E-state index contributed by atoms with van der Waals surface area (Å²) in [6.07, 6.45) is 0. The number of rotatable bonds is 2. The second kappa shape index (κ2) is 4.02. The molecule has 5 nitrogen and oxygen atoms in total. The number of nitrogens with one attached hydrogen (secondary N) is 1. The number of ether oxygens (including phenoxy) is 1. The number of hydrogen-bond donors (Lipinski definition) is 1. The van der Waals surface area contributed by atoms with E-state index >= 15 is 0 Å². The molecule has 0 saturated heterocycles. The molecule has 1 aromatic rings. The number of hydrogen-bond acceptors (Lipinski definition) is 4. The van der Waals surface area contributed by atoms with Crippen LogP contribution >= 0.6 is 0 Å². The molecule has 0 unspecified atom stereocenters. The molecular weight excluding hydrogens is 194 g/mol. The van der Waals surface area contributed by atoms with Crippen LogP contribution in [0.25, 0.3) is 0 Å². The van der Waals surface area contributed by atoms with Crippen molar-refractivity contribution < 1.29 is 9.53 Å². The number of aromatic nitrogens is 2. The zero-order chi connectivity index (χ0) is 10.8. The van der Waals surface area contributed by atoms with Gasteiger partial charge < -0.3 is 10.1 Å². The van der Waals surface area contributed by atoms with Crippen LogP contribution in [0.15, 0.2) is 0 Å². The topological polar surface area (TPSA) is 56.1 Å². The summed E-state index contributed by atoms with van der Waals surface area (Å²) in [5.74, 6) is -0.322. The van der Waals surface area contributed by atoms with Crippen LogP contribution in [0.3, 0.4) is 0 Å². The fourth-order valence-electron chi connectivity index (χ4n) is 1.78. The minimum atomic E-state index is -0.322. The van der Waals surface area contributed by atoms with E-state index in [9.17, 15) is 4.79 Å². The first-order chi connectivity index (χ1) is 7.24. The Hall–Kier alpha value is -1.36. The molecule has 82 valence electrons. The van der Waals surface area contributed by atoms with Gasteiger partial charge in [-0.15, -0.1) is 0 Å². The van der Waals surface area contributed by atoms with Crippen LogP contribution in [0.4, 0.5) is 0 Å². The van der Waals surface area contributed by atoms with Gasteiger partial charge in [-0.2, -0.15) is 5.10 Å². The zero-order valence-electron chi connectivity index (χ0n) is 9.04. The molecule has 1 aromatic heterocycles. The van der Waals surface area contributed by atoms with Gasteiger partial charge in [-0.1, -0.05) is 0 Å². The molecule has 0 saturated carbocycles. The number of nitrogens with zero attached hydrogens (tertiary/aromatic N) is 2. The molecule has 0 amide bonds. The predicted octanol–water partition coefficient (Wildman–Crippen LogP) is 0.471. The van der Waals surface area contributed by atoms with E-state index in [1.165, 1.54) is 0 Å². The molecule has 0 aromatic carbocycles. The van der Waals surface area contributed by atoms with Crippen LogP contribution in [0.1, 0.15) is 28.7 Å². The molecule has 1 aliphatic heterocycles. The van der Waals surface area contributed by atoms with Crippen LogP contribution in [-0.4, -0.2) is 28.9 Å². The summed E-state index contributed by atoms with van der Waals surface area (Å²) < 4.78 is 6.84. The van der Waals surface area contributed by atoms with Gasteiger partial charge in [0.2, 0.25) is 0 Å². The molecule has 2 heterocycles. The highest BCUT2D eigenvalue weighted by atomic mass is 16.5. The van der Waals surface area contributed by atoms with Crippen molar-refractivity contribution >= 4 is 5.97 Å². The van der Waals surface area contributed by atoms with E-state index in [1.54, 1.807) is 6.92 Å². The lowest BCUT2D eigenvalue weighted by atomic mass is 10.2. The van der Waals surface area contributed by atoms with Gasteiger partial charge in [0, 0.05) is 18.7 Å². The first-order valence-electron chi connectivity index (χ1n) is 5.18. The maximum atomic E-state index is 11.6. The van der Waals surface area contributed by atoms with Gasteiger partial charge in [0.15, 0.2) is 5.69 Å². The fraction of sp³-hybridized carbons (Fsp3) is 0.600. The van der Waals surface area contributed by atoms with Crippen LogP contribution in [0.5, 0.6) is 0 Å². The highest BCUT2D eigenvalue weighted by Crippen LogP contribution is 2.16. The molecule has 0 aliphatic carbocycles. The minimum absolute atomic E-state index is 0.322. The Morgan fingerprint density at radius 1 is 1.67 bits per heavy atom. The number of esters is 1. The van der Waals surface area contributed by atoms with Crippen molar-refractivity contribution in [1.29, 1.82) is 0 Å². The zero-order valence-corrected chi connectivity index (χ0v) is 9.04. The van der Waals surface area contributed by atoms with Crippen molar-refractivity contribution in [2.45, 2.75) is 26.9 Å². The van der Waals surface area contributed by atoms with Gasteiger partial charge in [-0.3, -0.25) is 4.68 Å². The molecule has 0 fully saturated rings. The number of fused-ring (bicyclic) bond motifs is 1.